The van der Waals surface area contributed by atoms with Crippen LogP contribution in [0.15, 0.2) is 18.2 Å². The van der Waals surface area contributed by atoms with E-state index in [0.717, 1.165) is 25.0 Å². The second-order valence-electron chi connectivity index (χ2n) is 5.40. The molecule has 1 aromatic rings. The minimum absolute atomic E-state index is 0.229. The average Bonchev–Trinajstić information content (AvgIpc) is 2.41. The van der Waals surface area contributed by atoms with E-state index in [1.165, 1.54) is 50.2 Å². The van der Waals surface area contributed by atoms with Gasteiger partial charge in [0.15, 0.2) is 0 Å². The van der Waals surface area contributed by atoms with Gasteiger partial charge in [0.1, 0.15) is 5.75 Å². The highest BCUT2D eigenvalue weighted by atomic mass is 16.5. The molecular weight excluding hydrogens is 248 g/mol. The number of ether oxygens (including phenoxy) is 1. The molecule has 0 aromatic heterocycles. The number of carbonyl (C=O) groups excluding carboxylic acids is 1. The summed E-state index contributed by atoms with van der Waals surface area (Å²) in [5.74, 6) is 0.537. The zero-order valence-electron chi connectivity index (χ0n) is 13.2. The Morgan fingerprint density at radius 3 is 2.25 bits per heavy atom. The molecular formula is C18H28O2. The van der Waals surface area contributed by atoms with Crippen LogP contribution in [-0.4, -0.2) is 5.97 Å². The van der Waals surface area contributed by atoms with Crippen LogP contribution in [0.3, 0.4) is 0 Å². The third-order valence-corrected chi connectivity index (χ3v) is 3.56. The molecule has 0 saturated carbocycles. The maximum Gasteiger partial charge on any atom is 0.308 e. The van der Waals surface area contributed by atoms with E-state index < -0.39 is 0 Å². The highest BCUT2D eigenvalue weighted by Gasteiger charge is 2.11. The molecule has 2 heteroatoms. The molecule has 1 rings (SSSR count). The van der Waals surface area contributed by atoms with Gasteiger partial charge in [-0.3, -0.25) is 4.79 Å². The Morgan fingerprint density at radius 1 is 1.00 bits per heavy atom. The first-order valence-corrected chi connectivity index (χ1v) is 7.98. The smallest absolute Gasteiger partial charge is 0.308 e. The third-order valence-electron chi connectivity index (χ3n) is 3.56. The van der Waals surface area contributed by atoms with Crippen LogP contribution >= 0.6 is 0 Å². The van der Waals surface area contributed by atoms with Gasteiger partial charge in [-0.25, -0.2) is 0 Å². The van der Waals surface area contributed by atoms with Gasteiger partial charge in [0.05, 0.1) is 0 Å². The standard InChI is InChI=1S/C18H28O2/c1-4-6-8-11-16-12-10-14-18(20-15(3)19)17(16)13-9-7-5-2/h10,12,14H,4-9,11,13H2,1-3H3. The zero-order chi connectivity index (χ0) is 14.8. The lowest BCUT2D eigenvalue weighted by molar-refractivity contribution is -0.131. The average molecular weight is 276 g/mol. The third kappa shape index (κ3) is 5.77. The van der Waals surface area contributed by atoms with Crippen molar-refractivity contribution in [2.75, 3.05) is 0 Å². The van der Waals surface area contributed by atoms with Crippen LogP contribution in [0.1, 0.15) is 70.4 Å². The molecule has 0 atom stereocenters. The molecule has 0 spiro atoms. The van der Waals surface area contributed by atoms with Gasteiger partial charge in [0.25, 0.3) is 0 Å². The molecule has 0 heterocycles. The quantitative estimate of drug-likeness (QED) is 0.357. The Morgan fingerprint density at radius 2 is 1.65 bits per heavy atom. The summed E-state index contributed by atoms with van der Waals surface area (Å²) in [5.41, 5.74) is 2.60. The molecule has 0 radical (unpaired) electrons. The predicted molar refractivity (Wildman–Crippen MR) is 84.2 cm³/mol. The van der Waals surface area contributed by atoms with Crippen molar-refractivity contribution in [2.45, 2.75) is 72.1 Å². The Labute approximate surface area is 123 Å². The van der Waals surface area contributed by atoms with E-state index in [1.807, 2.05) is 12.1 Å². The van der Waals surface area contributed by atoms with Crippen molar-refractivity contribution < 1.29 is 9.53 Å². The molecule has 0 unspecified atom stereocenters. The molecule has 1 aromatic carbocycles. The fraction of sp³-hybridized carbons (Fsp3) is 0.611. The van der Waals surface area contributed by atoms with Gasteiger partial charge in [0, 0.05) is 6.92 Å². The molecule has 112 valence electrons. The van der Waals surface area contributed by atoms with Gasteiger partial charge < -0.3 is 4.74 Å². The summed E-state index contributed by atoms with van der Waals surface area (Å²) < 4.78 is 5.38. The predicted octanol–water partition coefficient (Wildman–Crippen LogP) is 5.08. The van der Waals surface area contributed by atoms with Crippen LogP contribution < -0.4 is 4.74 Å². The summed E-state index contributed by atoms with van der Waals surface area (Å²) in [7, 11) is 0. The minimum Gasteiger partial charge on any atom is -0.426 e. The van der Waals surface area contributed by atoms with E-state index >= 15 is 0 Å². The van der Waals surface area contributed by atoms with E-state index in [0.29, 0.717) is 0 Å². The summed E-state index contributed by atoms with van der Waals surface area (Å²) in [6.07, 6.45) is 9.39. The second-order valence-corrected chi connectivity index (χ2v) is 5.40. The maximum absolute atomic E-state index is 11.2. The molecule has 0 amide bonds. The normalized spacial score (nSPS) is 10.6. The van der Waals surface area contributed by atoms with Crippen molar-refractivity contribution in [2.24, 2.45) is 0 Å². The number of benzene rings is 1. The number of carbonyl (C=O) groups is 1. The summed E-state index contributed by atoms with van der Waals surface area (Å²) >= 11 is 0. The van der Waals surface area contributed by atoms with Crippen molar-refractivity contribution in [3.8, 4) is 5.75 Å². The highest BCUT2D eigenvalue weighted by molar-refractivity contribution is 5.70. The molecule has 0 aliphatic rings. The topological polar surface area (TPSA) is 26.3 Å². The van der Waals surface area contributed by atoms with Crippen LogP contribution in [0.5, 0.6) is 5.75 Å². The Balaban J connectivity index is 2.85. The highest BCUT2D eigenvalue weighted by Crippen LogP contribution is 2.26. The van der Waals surface area contributed by atoms with Crippen molar-refractivity contribution in [1.29, 1.82) is 0 Å². The SMILES string of the molecule is CCCCCc1cccc(OC(C)=O)c1CCCCC. The number of rotatable bonds is 9. The lowest BCUT2D eigenvalue weighted by Crippen LogP contribution is -2.06. The van der Waals surface area contributed by atoms with Crippen molar-refractivity contribution in [3.63, 3.8) is 0 Å². The molecule has 0 saturated heterocycles. The Kier molecular flexibility index (Phi) is 8.01. The molecule has 0 bridgehead atoms. The van der Waals surface area contributed by atoms with Gasteiger partial charge in [-0.2, -0.15) is 0 Å². The van der Waals surface area contributed by atoms with Crippen LogP contribution in [0.4, 0.5) is 0 Å². The second kappa shape index (κ2) is 9.57. The lowest BCUT2D eigenvalue weighted by atomic mass is 9.96. The largest absolute Gasteiger partial charge is 0.426 e. The number of unbranched alkanes of at least 4 members (excludes halogenated alkanes) is 4. The minimum atomic E-state index is -0.229. The molecule has 0 fully saturated rings. The van der Waals surface area contributed by atoms with E-state index in [4.69, 9.17) is 4.74 Å². The van der Waals surface area contributed by atoms with Gasteiger partial charge in [-0.1, -0.05) is 51.7 Å². The molecule has 0 aliphatic heterocycles. The summed E-state index contributed by atoms with van der Waals surface area (Å²) in [5, 5.41) is 0. The summed E-state index contributed by atoms with van der Waals surface area (Å²) in [6.45, 7) is 5.90. The first-order valence-electron chi connectivity index (χ1n) is 7.98. The molecule has 20 heavy (non-hydrogen) atoms. The van der Waals surface area contributed by atoms with Crippen LogP contribution in [0, 0.1) is 0 Å². The van der Waals surface area contributed by atoms with E-state index in [9.17, 15) is 4.79 Å². The fourth-order valence-corrected chi connectivity index (χ4v) is 2.50. The maximum atomic E-state index is 11.2. The fourth-order valence-electron chi connectivity index (χ4n) is 2.50. The van der Waals surface area contributed by atoms with E-state index in [1.54, 1.807) is 0 Å². The van der Waals surface area contributed by atoms with Gasteiger partial charge in [-0.15, -0.1) is 0 Å². The lowest BCUT2D eigenvalue weighted by Gasteiger charge is -2.14. The van der Waals surface area contributed by atoms with Gasteiger partial charge in [0.2, 0.25) is 0 Å². The summed E-state index contributed by atoms with van der Waals surface area (Å²) in [6, 6.07) is 6.11. The number of aryl methyl sites for hydroxylation is 1. The van der Waals surface area contributed by atoms with Crippen molar-refractivity contribution >= 4 is 5.97 Å². The van der Waals surface area contributed by atoms with Crippen LogP contribution in [0.2, 0.25) is 0 Å². The van der Waals surface area contributed by atoms with Crippen molar-refractivity contribution in [3.05, 3.63) is 29.3 Å². The molecule has 2 nitrogen and oxygen atoms in total. The first kappa shape index (κ1) is 16.7. The number of hydrogen-bond donors (Lipinski definition) is 0. The molecule has 0 aliphatic carbocycles. The van der Waals surface area contributed by atoms with Gasteiger partial charge >= 0.3 is 5.97 Å². The first-order chi connectivity index (χ1) is 9.69. The summed E-state index contributed by atoms with van der Waals surface area (Å²) in [4.78, 5) is 11.2. The van der Waals surface area contributed by atoms with E-state index in [2.05, 4.69) is 19.9 Å². The van der Waals surface area contributed by atoms with E-state index in [-0.39, 0.29) is 5.97 Å². The monoisotopic (exact) mass is 276 g/mol. The number of esters is 1. The van der Waals surface area contributed by atoms with Crippen molar-refractivity contribution in [1.82, 2.24) is 0 Å². The van der Waals surface area contributed by atoms with Gasteiger partial charge in [-0.05, 0) is 42.9 Å². The van der Waals surface area contributed by atoms with Crippen LogP contribution in [-0.2, 0) is 17.6 Å². The van der Waals surface area contributed by atoms with Crippen LogP contribution in [0.25, 0.3) is 0 Å². The zero-order valence-corrected chi connectivity index (χ0v) is 13.2. The number of hydrogen-bond acceptors (Lipinski definition) is 2. The Hall–Kier alpha value is -1.31. The Bertz CT molecular complexity index is 410. The molecule has 0 N–H and O–H groups in total.